The number of rotatable bonds is 0. The Bertz CT molecular complexity index is 307. The summed E-state index contributed by atoms with van der Waals surface area (Å²) in [5, 5.41) is 0. The van der Waals surface area contributed by atoms with Gasteiger partial charge < -0.3 is 77.0 Å². The molecule has 0 aliphatic heterocycles. The molecule has 0 spiro atoms. The predicted molar refractivity (Wildman–Crippen MR) is 53.4 cm³/mol. The smallest absolute Gasteiger partial charge is 0.822 e. The molecule has 0 rings (SSSR count). The third-order valence-corrected chi connectivity index (χ3v) is 0. The van der Waals surface area contributed by atoms with Crippen LogP contribution in [0, 0.1) is 0 Å². The van der Waals surface area contributed by atoms with E-state index in [2.05, 4.69) is 0 Å². The van der Waals surface area contributed by atoms with Gasteiger partial charge in [0.25, 0.3) is 0 Å². The zero-order chi connectivity index (χ0) is 18.0. The van der Waals surface area contributed by atoms with Crippen LogP contribution in [-0.4, -0.2) is 104 Å². The summed E-state index contributed by atoms with van der Waals surface area (Å²) in [6.07, 6.45) is 0. The molecule has 0 N–H and O–H groups in total. The Hall–Kier alpha value is 4.71. The minimum Gasteiger partial charge on any atom is -0.822 e. The van der Waals surface area contributed by atoms with Crippen molar-refractivity contribution in [2.24, 2.45) is 0 Å². The van der Waals surface area contributed by atoms with Crippen molar-refractivity contribution in [2.45, 2.75) is 0 Å². The van der Waals surface area contributed by atoms with Gasteiger partial charge in [0.15, 0.2) is 0 Å². The SMILES string of the molecule is O=P([O-])([O-])[O-].O=P([O-])([O-])[O-].O=P([O-])([O-])[O-].O=P([O-])([O-])[O-].[Al+3].[Ca+2].[Ca+2].[Na+].[Si+4]. The molecule has 0 amide bonds. The van der Waals surface area contributed by atoms with Gasteiger partial charge in [-0.25, -0.2) is 0 Å². The Morgan fingerprint density at radius 2 is 0.400 bits per heavy atom. The first kappa shape index (κ1) is 57.1. The fourth-order valence-electron chi connectivity index (χ4n) is 0. The summed E-state index contributed by atoms with van der Waals surface area (Å²) in [5.74, 6) is 0. The van der Waals surface area contributed by atoms with E-state index in [1.807, 2.05) is 0 Å². The van der Waals surface area contributed by atoms with Gasteiger partial charge in [-0.15, -0.1) is 0 Å². The van der Waals surface area contributed by atoms with Crippen LogP contribution in [0.5, 0.6) is 0 Å². The Balaban J connectivity index is -0.0000000183. The Labute approximate surface area is 237 Å². The van der Waals surface area contributed by atoms with E-state index >= 15 is 0 Å². The van der Waals surface area contributed by atoms with Crippen molar-refractivity contribution in [2.75, 3.05) is 0 Å². The summed E-state index contributed by atoms with van der Waals surface area (Å²) < 4.78 is 34.2. The van der Waals surface area contributed by atoms with E-state index in [9.17, 15) is 0 Å². The van der Waals surface area contributed by atoms with Crippen LogP contribution in [0.25, 0.3) is 0 Å². The molecule has 0 aliphatic rings. The third kappa shape index (κ3) is 924. The van der Waals surface area contributed by atoms with Crippen molar-refractivity contribution in [1.29, 1.82) is 0 Å². The molecule has 0 radical (unpaired) electrons. The summed E-state index contributed by atoms with van der Waals surface area (Å²) in [4.78, 5) is 103. The first-order chi connectivity index (χ1) is 8.00. The topological polar surface area (TPSA) is 345 Å². The van der Waals surface area contributed by atoms with Crippen LogP contribution >= 0.6 is 31.3 Å². The molecule has 0 aliphatic carbocycles. The molecule has 0 aromatic heterocycles. The zero-order valence-corrected chi connectivity index (χ0v) is 24.0. The quantitative estimate of drug-likeness (QED) is 0.204. The van der Waals surface area contributed by atoms with E-state index in [0.717, 1.165) is 0 Å². The van der Waals surface area contributed by atoms with Gasteiger partial charge in [0.2, 0.25) is 0 Å². The van der Waals surface area contributed by atoms with Crippen molar-refractivity contribution in [3.05, 3.63) is 0 Å². The monoisotopic (exact) mass is 538 g/mol. The van der Waals surface area contributed by atoms with E-state index in [0.29, 0.717) is 0 Å². The van der Waals surface area contributed by atoms with Crippen LogP contribution < -0.4 is 88.3 Å². The molecule has 0 fully saturated rings. The van der Waals surface area contributed by atoms with Crippen LogP contribution in [0.4, 0.5) is 0 Å². The van der Waals surface area contributed by atoms with Crippen molar-refractivity contribution in [1.82, 2.24) is 0 Å². The molecule has 16 nitrogen and oxygen atoms in total. The summed E-state index contributed by atoms with van der Waals surface area (Å²) in [6, 6.07) is 0. The van der Waals surface area contributed by atoms with Gasteiger partial charge in [0.1, 0.15) is 0 Å². The van der Waals surface area contributed by atoms with E-state index in [1.54, 1.807) is 0 Å². The molecule has 0 aromatic carbocycles. The minimum atomic E-state index is -5.39. The second-order valence-corrected chi connectivity index (χ2v) is 5.37. The van der Waals surface area contributed by atoms with Gasteiger partial charge >= 0.3 is 133 Å². The maximum Gasteiger partial charge on any atom is 4.00 e. The molecule has 128 valence electrons. The fourth-order valence-corrected chi connectivity index (χ4v) is 0. The predicted octanol–water partition coefficient (Wildman–Crippen LogP) is -15.8. The molecule has 0 bridgehead atoms. The van der Waals surface area contributed by atoms with Crippen LogP contribution in [0.15, 0.2) is 0 Å². The van der Waals surface area contributed by atoms with Crippen LogP contribution in [0.1, 0.15) is 0 Å². The minimum absolute atomic E-state index is 0. The Morgan fingerprint density at radius 1 is 0.400 bits per heavy atom. The van der Waals surface area contributed by atoms with E-state index < -0.39 is 31.3 Å². The summed E-state index contributed by atoms with van der Waals surface area (Å²) in [7, 11) is -21.6. The summed E-state index contributed by atoms with van der Waals surface area (Å²) >= 11 is 0. The Morgan fingerprint density at radius 3 is 0.400 bits per heavy atom. The first-order valence-electron chi connectivity index (χ1n) is 2.92. The molecular weight excluding hydrogens is 538 g/mol. The zero-order valence-electron chi connectivity index (χ0n) is 11.8. The van der Waals surface area contributed by atoms with Crippen LogP contribution in [0.2, 0.25) is 0 Å². The van der Waals surface area contributed by atoms with Crippen molar-refractivity contribution >= 4 is 135 Å². The van der Waals surface area contributed by atoms with E-state index in [-0.39, 0.29) is 133 Å². The normalized spacial score (nSPS) is 9.44. The van der Waals surface area contributed by atoms with Crippen LogP contribution in [0.3, 0.4) is 0 Å². The average molecular weight is 538 g/mol. The average Bonchev–Trinajstić information content (AvgIpc) is 1.62. The van der Waals surface area contributed by atoms with E-state index in [1.165, 1.54) is 0 Å². The first-order valence-corrected chi connectivity index (χ1v) is 8.76. The Kier molecular flexibility index (Phi) is 61.1. The molecule has 0 atom stereocenters. The molecule has 0 saturated heterocycles. The van der Waals surface area contributed by atoms with Crippen molar-refractivity contribution < 1.29 is 107 Å². The molecule has 25 heteroatoms. The van der Waals surface area contributed by atoms with Crippen LogP contribution in [-0.2, 0) is 18.3 Å². The van der Waals surface area contributed by atoms with Gasteiger partial charge in [-0.05, 0) is 0 Å². The summed E-state index contributed by atoms with van der Waals surface area (Å²) in [5.41, 5.74) is 0. The second kappa shape index (κ2) is 26.7. The maximum atomic E-state index is 8.55. The van der Waals surface area contributed by atoms with Gasteiger partial charge in [0.05, 0.1) is 0 Å². The number of phosphoric acid groups is 4. The largest absolute Gasteiger partial charge is 4.00 e. The van der Waals surface area contributed by atoms with Gasteiger partial charge in [-0.1, -0.05) is 0 Å². The molecule has 0 unspecified atom stereocenters. The maximum absolute atomic E-state index is 8.55. The molecule has 0 heterocycles. The summed E-state index contributed by atoms with van der Waals surface area (Å²) in [6.45, 7) is 0. The number of hydrogen-bond donors (Lipinski definition) is 0. The molecule has 0 saturated carbocycles. The van der Waals surface area contributed by atoms with Gasteiger partial charge in [-0.2, -0.15) is 31.3 Å². The number of hydrogen-bond acceptors (Lipinski definition) is 16. The second-order valence-electron chi connectivity index (χ2n) is 1.79. The fraction of sp³-hybridized carbons (Fsp3) is 0. The standard InChI is InChI=1S/Al.2Ca.Na.4H3O4P.Si/c;;;;4*1-5(2,3)4;/h;;;;4*(H3,1,2,3,4);/q+3;2*+2;+1;;;;;+4/p-12. The molecular formula is AlCa2NaO16P4Si. The molecule has 25 heavy (non-hydrogen) atoms. The third-order valence-electron chi connectivity index (χ3n) is 0. The van der Waals surface area contributed by atoms with Crippen molar-refractivity contribution in [3.63, 3.8) is 0 Å². The van der Waals surface area contributed by atoms with Crippen molar-refractivity contribution in [3.8, 4) is 0 Å². The molecule has 0 aromatic rings. The van der Waals surface area contributed by atoms with E-state index in [4.69, 9.17) is 77.0 Å². The van der Waals surface area contributed by atoms with Gasteiger partial charge in [0, 0.05) is 0 Å². The van der Waals surface area contributed by atoms with Gasteiger partial charge in [-0.3, -0.25) is 0 Å².